The van der Waals surface area contributed by atoms with Crippen LogP contribution in [-0.2, 0) is 9.53 Å². The molecule has 1 aliphatic rings. The first-order valence-electron chi connectivity index (χ1n) is 4.81. The number of ether oxygens (including phenoxy) is 1. The zero-order chi connectivity index (χ0) is 13.0. The van der Waals surface area contributed by atoms with Gasteiger partial charge in [-0.2, -0.15) is 0 Å². The van der Waals surface area contributed by atoms with Gasteiger partial charge in [0.05, 0.1) is 6.61 Å². The molecular weight excluding hydrogens is 265 g/mol. The molecular formula is C10H11Cl2N3O2. The lowest BCUT2D eigenvalue weighted by Gasteiger charge is -2.14. The van der Waals surface area contributed by atoms with Crippen molar-refractivity contribution in [2.75, 3.05) is 6.61 Å². The van der Waals surface area contributed by atoms with Gasteiger partial charge in [0.2, 0.25) is 0 Å². The maximum absolute atomic E-state index is 11.4. The van der Waals surface area contributed by atoms with E-state index in [1.807, 2.05) is 0 Å². The molecule has 0 radical (unpaired) electrons. The maximum Gasteiger partial charge on any atom is 0.356 e. The van der Waals surface area contributed by atoms with E-state index in [2.05, 4.69) is 10.3 Å². The molecule has 1 aliphatic heterocycles. The zero-order valence-electron chi connectivity index (χ0n) is 9.30. The van der Waals surface area contributed by atoms with E-state index in [-0.39, 0.29) is 28.5 Å². The highest BCUT2D eigenvalue weighted by molar-refractivity contribution is 6.69. The first kappa shape index (κ1) is 13.7. The summed E-state index contributed by atoms with van der Waals surface area (Å²) in [6.07, 6.45) is 1.42. The van der Waals surface area contributed by atoms with Crippen LogP contribution in [-0.4, -0.2) is 23.5 Å². The summed E-state index contributed by atoms with van der Waals surface area (Å²) >= 11 is 11.5. The van der Waals surface area contributed by atoms with Crippen LogP contribution in [0.25, 0.3) is 0 Å². The van der Waals surface area contributed by atoms with E-state index in [1.165, 1.54) is 6.08 Å². The highest BCUT2D eigenvalue weighted by Crippen LogP contribution is 2.15. The predicted octanol–water partition coefficient (Wildman–Crippen LogP) is 2.12. The summed E-state index contributed by atoms with van der Waals surface area (Å²) in [4.78, 5) is 15.3. The van der Waals surface area contributed by atoms with Crippen LogP contribution < -0.4 is 5.32 Å². The average molecular weight is 276 g/mol. The fourth-order valence-electron chi connectivity index (χ4n) is 1.07. The lowest BCUT2D eigenvalue weighted by atomic mass is 10.2. The Morgan fingerprint density at radius 3 is 2.76 bits per heavy atom. The van der Waals surface area contributed by atoms with Crippen LogP contribution in [0.3, 0.4) is 0 Å². The zero-order valence-corrected chi connectivity index (χ0v) is 10.8. The molecule has 0 amide bonds. The summed E-state index contributed by atoms with van der Waals surface area (Å²) in [5, 5.41) is 10.8. The molecule has 92 valence electrons. The number of nitrogens with zero attached hydrogens (tertiary/aromatic N) is 1. The Bertz CT molecular complexity index is 452. The van der Waals surface area contributed by atoms with Gasteiger partial charge in [-0.1, -0.05) is 23.2 Å². The number of esters is 1. The SMILES string of the molecule is CCOC(=O)C(=N)/C(C)=C1/N=C(Cl)C=C(Cl)N1. The molecule has 1 heterocycles. The Kier molecular flexibility index (Phi) is 4.72. The number of carbonyl (C=O) groups is 1. The fourth-order valence-corrected chi connectivity index (χ4v) is 1.52. The summed E-state index contributed by atoms with van der Waals surface area (Å²) in [7, 11) is 0. The molecule has 0 spiro atoms. The van der Waals surface area contributed by atoms with Crippen LogP contribution in [0.4, 0.5) is 0 Å². The summed E-state index contributed by atoms with van der Waals surface area (Å²) in [5.41, 5.74) is 0.0294. The molecule has 7 heteroatoms. The van der Waals surface area contributed by atoms with Crippen molar-refractivity contribution in [2.24, 2.45) is 4.99 Å². The molecule has 5 nitrogen and oxygen atoms in total. The number of carbonyl (C=O) groups excluding carboxylic acids is 1. The van der Waals surface area contributed by atoms with E-state index in [1.54, 1.807) is 13.8 Å². The second-order valence-corrected chi connectivity index (χ2v) is 3.92. The Balaban J connectivity index is 2.96. The van der Waals surface area contributed by atoms with Gasteiger partial charge in [-0.05, 0) is 13.8 Å². The molecule has 1 rings (SSSR count). The third-order valence-corrected chi connectivity index (χ3v) is 2.31. The molecule has 0 aliphatic carbocycles. The highest BCUT2D eigenvalue weighted by atomic mass is 35.5. The first-order chi connectivity index (χ1) is 7.95. The number of rotatable bonds is 3. The van der Waals surface area contributed by atoms with E-state index in [4.69, 9.17) is 33.3 Å². The van der Waals surface area contributed by atoms with Gasteiger partial charge in [-0.3, -0.25) is 5.41 Å². The van der Waals surface area contributed by atoms with Crippen LogP contribution in [0.2, 0.25) is 0 Å². The average Bonchev–Trinajstić information content (AvgIpc) is 2.26. The quantitative estimate of drug-likeness (QED) is 0.471. The van der Waals surface area contributed by atoms with Crippen molar-refractivity contribution in [2.45, 2.75) is 13.8 Å². The van der Waals surface area contributed by atoms with Crippen molar-refractivity contribution in [1.82, 2.24) is 5.32 Å². The Hall–Kier alpha value is -1.33. The highest BCUT2D eigenvalue weighted by Gasteiger charge is 2.18. The lowest BCUT2D eigenvalue weighted by molar-refractivity contribution is -0.135. The second kappa shape index (κ2) is 5.84. The minimum Gasteiger partial charge on any atom is -0.461 e. The third-order valence-electron chi connectivity index (χ3n) is 1.91. The number of hydrogen-bond acceptors (Lipinski definition) is 5. The van der Waals surface area contributed by atoms with Gasteiger partial charge in [-0.25, -0.2) is 9.79 Å². The molecule has 0 bridgehead atoms. The van der Waals surface area contributed by atoms with Crippen molar-refractivity contribution in [3.05, 3.63) is 22.6 Å². The molecule has 2 N–H and O–H groups in total. The van der Waals surface area contributed by atoms with Gasteiger partial charge in [0.1, 0.15) is 21.9 Å². The van der Waals surface area contributed by atoms with Crippen LogP contribution in [0.1, 0.15) is 13.8 Å². The molecule has 0 aromatic rings. The van der Waals surface area contributed by atoms with Crippen molar-refractivity contribution in [3.63, 3.8) is 0 Å². The summed E-state index contributed by atoms with van der Waals surface area (Å²) in [6, 6.07) is 0. The normalized spacial score (nSPS) is 17.6. The topological polar surface area (TPSA) is 74.5 Å². The van der Waals surface area contributed by atoms with Crippen molar-refractivity contribution >= 4 is 40.1 Å². The molecule has 0 saturated heterocycles. The van der Waals surface area contributed by atoms with Gasteiger partial charge in [-0.15, -0.1) is 0 Å². The van der Waals surface area contributed by atoms with E-state index in [0.29, 0.717) is 5.57 Å². The van der Waals surface area contributed by atoms with Crippen LogP contribution in [0.15, 0.2) is 27.6 Å². The molecule has 0 saturated carbocycles. The van der Waals surface area contributed by atoms with Crippen LogP contribution in [0.5, 0.6) is 0 Å². The number of hydrogen-bond donors (Lipinski definition) is 2. The van der Waals surface area contributed by atoms with Gasteiger partial charge < -0.3 is 10.1 Å². The smallest absolute Gasteiger partial charge is 0.356 e. The molecule has 0 atom stereocenters. The number of halogens is 2. The molecule has 0 fully saturated rings. The second-order valence-electron chi connectivity index (χ2n) is 3.12. The maximum atomic E-state index is 11.4. The van der Waals surface area contributed by atoms with Gasteiger partial charge in [0.25, 0.3) is 0 Å². The summed E-state index contributed by atoms with van der Waals surface area (Å²) < 4.78 is 4.71. The number of aliphatic imine (C=N–C) groups is 1. The summed E-state index contributed by atoms with van der Waals surface area (Å²) in [6.45, 7) is 3.44. The molecule has 0 aromatic heterocycles. The van der Waals surface area contributed by atoms with Gasteiger partial charge >= 0.3 is 5.97 Å². The molecule has 0 aromatic carbocycles. The van der Waals surface area contributed by atoms with Crippen molar-refractivity contribution < 1.29 is 9.53 Å². The van der Waals surface area contributed by atoms with Gasteiger partial charge in [0.15, 0.2) is 0 Å². The number of nitrogens with one attached hydrogen (secondary N) is 2. The predicted molar refractivity (Wildman–Crippen MR) is 67.4 cm³/mol. The standard InChI is InChI=1S/C10H11Cl2N3O2/c1-3-17-10(16)8(13)5(2)9-14-6(11)4-7(12)15-9/h4,13-14H,3H2,1-2H3/b9-5+,13-8?. The van der Waals surface area contributed by atoms with E-state index < -0.39 is 5.97 Å². The van der Waals surface area contributed by atoms with E-state index in [0.717, 1.165) is 0 Å². The Morgan fingerprint density at radius 1 is 1.59 bits per heavy atom. The summed E-state index contributed by atoms with van der Waals surface area (Å²) in [5.74, 6) is -0.447. The lowest BCUT2D eigenvalue weighted by Crippen LogP contribution is -2.23. The third kappa shape index (κ3) is 3.57. The monoisotopic (exact) mass is 275 g/mol. The van der Waals surface area contributed by atoms with Crippen molar-refractivity contribution in [1.29, 1.82) is 5.41 Å². The molecule has 0 unspecified atom stereocenters. The fraction of sp³-hybridized carbons (Fsp3) is 0.300. The first-order valence-corrected chi connectivity index (χ1v) is 5.56. The van der Waals surface area contributed by atoms with Gasteiger partial charge in [0, 0.05) is 11.6 Å². The number of allylic oxidation sites excluding steroid dienone is 1. The van der Waals surface area contributed by atoms with E-state index in [9.17, 15) is 4.79 Å². The van der Waals surface area contributed by atoms with Crippen LogP contribution in [0, 0.1) is 5.41 Å². The molecule has 17 heavy (non-hydrogen) atoms. The Labute approximate surface area is 109 Å². The van der Waals surface area contributed by atoms with E-state index >= 15 is 0 Å². The minimum atomic E-state index is -0.712. The minimum absolute atomic E-state index is 0.180. The van der Waals surface area contributed by atoms with Crippen LogP contribution >= 0.6 is 23.2 Å². The Morgan fingerprint density at radius 2 is 2.24 bits per heavy atom. The van der Waals surface area contributed by atoms with Crippen molar-refractivity contribution in [3.8, 4) is 0 Å². The largest absolute Gasteiger partial charge is 0.461 e.